The molecule has 0 heterocycles. The molecule has 0 aromatic heterocycles. The number of thioether (sulfide) groups is 2. The minimum Gasteiger partial charge on any atom is -0.480 e. The number of aliphatic carboxylic acids is 1. The third-order valence-electron chi connectivity index (χ3n) is 4.22. The van der Waals surface area contributed by atoms with Gasteiger partial charge in [-0.2, -0.15) is 23.5 Å². The summed E-state index contributed by atoms with van der Waals surface area (Å²) < 4.78 is 0. The second kappa shape index (κ2) is 17.4. The SMILES string of the molecule is CSCCC(N)C(=O)NCC(=O)NC(CCSC)C(=O)NC(CCCN=C(N)N)C(=O)O. The number of hydrogen-bond acceptors (Lipinski definition) is 8. The smallest absolute Gasteiger partial charge is 0.326 e. The molecule has 3 atom stereocenters. The normalized spacial score (nSPS) is 13.3. The van der Waals surface area contributed by atoms with Gasteiger partial charge < -0.3 is 38.3 Å². The number of guanidine groups is 1. The summed E-state index contributed by atoms with van der Waals surface area (Å²) in [6.07, 6.45) is 4.98. The van der Waals surface area contributed by atoms with Crippen LogP contribution in [0.25, 0.3) is 0 Å². The summed E-state index contributed by atoms with van der Waals surface area (Å²) >= 11 is 3.03. The van der Waals surface area contributed by atoms with E-state index in [9.17, 15) is 24.3 Å². The molecule has 0 radical (unpaired) electrons. The van der Waals surface area contributed by atoms with Crippen LogP contribution in [0.1, 0.15) is 25.7 Å². The van der Waals surface area contributed by atoms with E-state index < -0.39 is 41.8 Å². The second-order valence-electron chi connectivity index (χ2n) is 6.86. The highest BCUT2D eigenvalue weighted by molar-refractivity contribution is 7.98. The van der Waals surface area contributed by atoms with Gasteiger partial charge in [-0.1, -0.05) is 0 Å². The first-order valence-corrected chi connectivity index (χ1v) is 12.8. The Kier molecular flexibility index (Phi) is 16.2. The van der Waals surface area contributed by atoms with E-state index in [1.165, 1.54) is 11.8 Å². The number of carbonyl (C=O) groups excluding carboxylic acids is 3. The Morgan fingerprint density at radius 3 is 2.12 bits per heavy atom. The van der Waals surface area contributed by atoms with Crippen molar-refractivity contribution in [1.82, 2.24) is 16.0 Å². The van der Waals surface area contributed by atoms with Crippen molar-refractivity contribution in [3.8, 4) is 0 Å². The van der Waals surface area contributed by atoms with Crippen LogP contribution in [0.4, 0.5) is 0 Å². The number of carbonyl (C=O) groups is 4. The van der Waals surface area contributed by atoms with Gasteiger partial charge >= 0.3 is 5.97 Å². The number of carboxylic acids is 1. The summed E-state index contributed by atoms with van der Waals surface area (Å²) in [5, 5.41) is 16.8. The van der Waals surface area contributed by atoms with Gasteiger partial charge in [0.25, 0.3) is 0 Å². The van der Waals surface area contributed by atoms with Gasteiger partial charge in [0.15, 0.2) is 5.96 Å². The average Bonchev–Trinajstić information content (AvgIpc) is 2.74. The van der Waals surface area contributed by atoms with E-state index in [4.69, 9.17) is 17.2 Å². The first kappa shape index (κ1) is 29.8. The van der Waals surface area contributed by atoms with Crippen LogP contribution in [0.15, 0.2) is 4.99 Å². The van der Waals surface area contributed by atoms with Crippen molar-refractivity contribution in [1.29, 1.82) is 0 Å². The van der Waals surface area contributed by atoms with Crippen LogP contribution in [-0.2, 0) is 19.2 Å². The number of nitrogens with one attached hydrogen (secondary N) is 3. The van der Waals surface area contributed by atoms with Crippen molar-refractivity contribution in [2.24, 2.45) is 22.2 Å². The molecule has 12 nitrogen and oxygen atoms in total. The maximum absolute atomic E-state index is 12.6. The highest BCUT2D eigenvalue weighted by Gasteiger charge is 2.26. The molecule has 0 saturated heterocycles. The molecule has 3 unspecified atom stereocenters. The first-order valence-electron chi connectivity index (χ1n) is 10.0. The van der Waals surface area contributed by atoms with Gasteiger partial charge in [0.2, 0.25) is 17.7 Å². The lowest BCUT2D eigenvalue weighted by Crippen LogP contribution is -2.54. The van der Waals surface area contributed by atoms with Crippen LogP contribution < -0.4 is 33.2 Å². The molecular weight excluding hydrogens is 458 g/mol. The van der Waals surface area contributed by atoms with E-state index in [1.807, 2.05) is 12.5 Å². The molecular formula is C18H35N7O5S2. The fraction of sp³-hybridized carbons (Fsp3) is 0.722. The van der Waals surface area contributed by atoms with Gasteiger partial charge in [0, 0.05) is 6.54 Å². The molecule has 0 rings (SSSR count). The molecule has 32 heavy (non-hydrogen) atoms. The summed E-state index contributed by atoms with van der Waals surface area (Å²) in [5.74, 6) is -1.67. The largest absolute Gasteiger partial charge is 0.480 e. The van der Waals surface area contributed by atoms with Crippen molar-refractivity contribution in [3.05, 3.63) is 0 Å². The molecule has 0 fully saturated rings. The summed E-state index contributed by atoms with van der Waals surface area (Å²) in [7, 11) is 0. The number of amides is 3. The Bertz CT molecular complexity index is 647. The van der Waals surface area contributed by atoms with Crippen LogP contribution in [0.2, 0.25) is 0 Å². The third kappa shape index (κ3) is 14.0. The predicted molar refractivity (Wildman–Crippen MR) is 128 cm³/mol. The lowest BCUT2D eigenvalue weighted by atomic mass is 10.1. The molecule has 0 aliphatic carbocycles. The zero-order chi connectivity index (χ0) is 24.5. The van der Waals surface area contributed by atoms with Gasteiger partial charge in [0.1, 0.15) is 12.1 Å². The van der Waals surface area contributed by atoms with E-state index in [1.54, 1.807) is 11.8 Å². The van der Waals surface area contributed by atoms with Crippen LogP contribution in [0, 0.1) is 0 Å². The highest BCUT2D eigenvalue weighted by Crippen LogP contribution is 2.04. The standard InChI is InChI=1S/C18H35N7O5S2/c1-31-8-5-11(19)15(27)23-10-14(26)24-12(6-9-32-2)16(28)25-13(17(29)30)4-3-7-22-18(20)21/h11-13H,3-10,19H2,1-2H3,(H,23,27)(H,24,26)(H,25,28)(H,29,30)(H4,20,21,22). The Labute approximate surface area is 196 Å². The van der Waals surface area contributed by atoms with E-state index in [0.717, 1.165) is 0 Å². The minimum atomic E-state index is -1.20. The third-order valence-corrected chi connectivity index (χ3v) is 5.50. The van der Waals surface area contributed by atoms with Crippen molar-refractivity contribution < 1.29 is 24.3 Å². The fourth-order valence-electron chi connectivity index (χ4n) is 2.46. The Hall–Kier alpha value is -2.19. The van der Waals surface area contributed by atoms with E-state index >= 15 is 0 Å². The highest BCUT2D eigenvalue weighted by atomic mass is 32.2. The molecule has 0 aliphatic rings. The van der Waals surface area contributed by atoms with Gasteiger partial charge in [-0.05, 0) is 49.7 Å². The summed E-state index contributed by atoms with van der Waals surface area (Å²) in [6, 6.07) is -2.82. The number of rotatable bonds is 17. The monoisotopic (exact) mass is 493 g/mol. The topological polar surface area (TPSA) is 215 Å². The Morgan fingerprint density at radius 1 is 0.938 bits per heavy atom. The van der Waals surface area contributed by atoms with E-state index in [-0.39, 0.29) is 25.5 Å². The molecule has 0 saturated carbocycles. The Balaban J connectivity index is 4.82. The lowest BCUT2D eigenvalue weighted by molar-refractivity contribution is -0.142. The van der Waals surface area contributed by atoms with Crippen LogP contribution in [0.5, 0.6) is 0 Å². The molecule has 3 amide bonds. The number of nitrogens with zero attached hydrogens (tertiary/aromatic N) is 1. The minimum absolute atomic E-state index is 0.0990. The van der Waals surface area contributed by atoms with Crippen molar-refractivity contribution >= 4 is 53.2 Å². The van der Waals surface area contributed by atoms with Crippen LogP contribution in [-0.4, -0.2) is 90.0 Å². The van der Waals surface area contributed by atoms with Crippen molar-refractivity contribution in [2.45, 2.75) is 43.8 Å². The quantitative estimate of drug-likeness (QED) is 0.0674. The predicted octanol–water partition coefficient (Wildman–Crippen LogP) is -1.96. The van der Waals surface area contributed by atoms with Gasteiger partial charge in [-0.15, -0.1) is 0 Å². The maximum atomic E-state index is 12.6. The number of hydrogen-bond donors (Lipinski definition) is 7. The summed E-state index contributed by atoms with van der Waals surface area (Å²) in [5.41, 5.74) is 16.2. The van der Waals surface area contributed by atoms with Gasteiger partial charge in [0.05, 0.1) is 12.6 Å². The maximum Gasteiger partial charge on any atom is 0.326 e. The molecule has 0 aromatic rings. The number of aliphatic imine (C=N–C) groups is 1. The van der Waals surface area contributed by atoms with Crippen molar-refractivity contribution in [2.75, 3.05) is 37.1 Å². The molecule has 0 aliphatic heterocycles. The fourth-order valence-corrected chi connectivity index (χ4v) is 3.42. The average molecular weight is 494 g/mol. The van der Waals surface area contributed by atoms with E-state index in [0.29, 0.717) is 30.8 Å². The summed E-state index contributed by atoms with van der Waals surface area (Å²) in [4.78, 5) is 52.1. The molecule has 10 N–H and O–H groups in total. The lowest BCUT2D eigenvalue weighted by Gasteiger charge is -2.21. The second-order valence-corrected chi connectivity index (χ2v) is 8.83. The van der Waals surface area contributed by atoms with Crippen molar-refractivity contribution in [3.63, 3.8) is 0 Å². The van der Waals surface area contributed by atoms with Crippen LogP contribution in [0.3, 0.4) is 0 Å². The number of carboxylic acid groups (broad SMARTS) is 1. The van der Waals surface area contributed by atoms with Gasteiger partial charge in [-0.25, -0.2) is 4.79 Å². The summed E-state index contributed by atoms with van der Waals surface area (Å²) in [6.45, 7) is -0.108. The Morgan fingerprint density at radius 2 is 1.56 bits per heavy atom. The zero-order valence-electron chi connectivity index (χ0n) is 18.5. The molecule has 14 heteroatoms. The molecule has 184 valence electrons. The number of nitrogens with two attached hydrogens (primary N) is 3. The van der Waals surface area contributed by atoms with Crippen LogP contribution >= 0.6 is 23.5 Å². The zero-order valence-corrected chi connectivity index (χ0v) is 20.1. The molecule has 0 bridgehead atoms. The van der Waals surface area contributed by atoms with E-state index in [2.05, 4.69) is 20.9 Å². The molecule has 0 aromatic carbocycles. The van der Waals surface area contributed by atoms with Gasteiger partial charge in [-0.3, -0.25) is 19.4 Å². The molecule has 0 spiro atoms. The first-order chi connectivity index (χ1) is 15.1.